The monoisotopic (exact) mass is 374 g/mol. The predicted octanol–water partition coefficient (Wildman–Crippen LogP) is 4.73. The largest absolute Gasteiger partial charge is 0.341 e. The van der Waals surface area contributed by atoms with Crippen LogP contribution in [0, 0.1) is 5.92 Å². The van der Waals surface area contributed by atoms with E-state index in [0.717, 1.165) is 22.0 Å². The normalized spacial score (nSPS) is 10.9. The first-order chi connectivity index (χ1) is 13.4. The van der Waals surface area contributed by atoms with Gasteiger partial charge in [-0.3, -0.25) is 9.59 Å². The molecular formula is C24H26N2O2. The topological polar surface area (TPSA) is 40.6 Å². The van der Waals surface area contributed by atoms with E-state index >= 15 is 0 Å². The third-order valence-electron chi connectivity index (χ3n) is 4.92. The maximum atomic E-state index is 12.9. The zero-order chi connectivity index (χ0) is 20.3. The Balaban J connectivity index is 1.73. The minimum absolute atomic E-state index is 0.0264. The molecule has 3 aromatic rings. The molecule has 0 unspecified atom stereocenters. The maximum Gasteiger partial charge on any atom is 0.258 e. The summed E-state index contributed by atoms with van der Waals surface area (Å²) in [6.45, 7) is 4.32. The number of rotatable bonds is 5. The van der Waals surface area contributed by atoms with E-state index in [4.69, 9.17) is 0 Å². The lowest BCUT2D eigenvalue weighted by Crippen LogP contribution is -2.30. The second-order valence-corrected chi connectivity index (χ2v) is 7.44. The van der Waals surface area contributed by atoms with Crippen molar-refractivity contribution < 1.29 is 9.59 Å². The molecule has 0 aliphatic heterocycles. The number of fused-ring (bicyclic) bond motifs is 1. The molecule has 0 heterocycles. The molecule has 0 aliphatic carbocycles. The zero-order valence-corrected chi connectivity index (χ0v) is 16.8. The van der Waals surface area contributed by atoms with Gasteiger partial charge in [-0.1, -0.05) is 56.3 Å². The fourth-order valence-electron chi connectivity index (χ4n) is 3.24. The fraction of sp³-hybridized carbons (Fsp3) is 0.250. The van der Waals surface area contributed by atoms with E-state index in [0.29, 0.717) is 12.1 Å². The van der Waals surface area contributed by atoms with E-state index in [-0.39, 0.29) is 17.7 Å². The van der Waals surface area contributed by atoms with Gasteiger partial charge in [0.25, 0.3) is 5.91 Å². The Kier molecular flexibility index (Phi) is 5.78. The van der Waals surface area contributed by atoms with Gasteiger partial charge in [-0.25, -0.2) is 0 Å². The molecule has 0 aliphatic rings. The van der Waals surface area contributed by atoms with Crippen LogP contribution in [0.1, 0.15) is 29.8 Å². The van der Waals surface area contributed by atoms with Crippen LogP contribution in [0.5, 0.6) is 0 Å². The average Bonchev–Trinajstić information content (AvgIpc) is 2.72. The third kappa shape index (κ3) is 4.22. The molecule has 0 saturated heterocycles. The molecule has 0 atom stereocenters. The number of nitrogens with zero attached hydrogens (tertiary/aromatic N) is 2. The van der Waals surface area contributed by atoms with Crippen molar-refractivity contribution in [2.45, 2.75) is 20.4 Å². The standard InChI is InChI=1S/C24H26N2O2/c1-17(2)23(27)25(3)16-18-9-11-20(12-10-18)24(28)26(4)22-14-13-19-7-5-6-8-21(19)15-22/h5-15,17H,16H2,1-4H3. The molecule has 2 amide bonds. The SMILES string of the molecule is CC(C)C(=O)N(C)Cc1ccc(C(=O)N(C)c2ccc3ccccc3c2)cc1. The molecule has 28 heavy (non-hydrogen) atoms. The summed E-state index contributed by atoms with van der Waals surface area (Å²) in [7, 11) is 3.59. The maximum absolute atomic E-state index is 12.9. The predicted molar refractivity (Wildman–Crippen MR) is 114 cm³/mol. The quantitative estimate of drug-likeness (QED) is 0.648. The van der Waals surface area contributed by atoms with Crippen molar-refractivity contribution >= 4 is 28.3 Å². The molecule has 144 valence electrons. The highest BCUT2D eigenvalue weighted by molar-refractivity contribution is 6.06. The van der Waals surface area contributed by atoms with E-state index < -0.39 is 0 Å². The van der Waals surface area contributed by atoms with E-state index in [1.807, 2.05) is 74.5 Å². The second kappa shape index (κ2) is 8.26. The van der Waals surface area contributed by atoms with Gasteiger partial charge in [0.05, 0.1) is 0 Å². The molecule has 4 nitrogen and oxygen atoms in total. The van der Waals surface area contributed by atoms with E-state index in [1.165, 1.54) is 0 Å². The molecule has 0 radical (unpaired) electrons. The molecule has 0 aromatic heterocycles. The smallest absolute Gasteiger partial charge is 0.258 e. The Morgan fingerprint density at radius 3 is 2.14 bits per heavy atom. The van der Waals surface area contributed by atoms with Crippen molar-refractivity contribution in [1.29, 1.82) is 0 Å². The molecule has 0 bridgehead atoms. The number of anilines is 1. The first-order valence-electron chi connectivity index (χ1n) is 9.47. The summed E-state index contributed by atoms with van der Waals surface area (Å²) in [5, 5.41) is 2.25. The van der Waals surface area contributed by atoms with Crippen molar-refractivity contribution in [2.24, 2.45) is 5.92 Å². The third-order valence-corrected chi connectivity index (χ3v) is 4.92. The van der Waals surface area contributed by atoms with Gasteiger partial charge in [-0.2, -0.15) is 0 Å². The molecular weight excluding hydrogens is 348 g/mol. The van der Waals surface area contributed by atoms with Gasteiger partial charge in [0.15, 0.2) is 0 Å². The molecule has 0 spiro atoms. The van der Waals surface area contributed by atoms with Crippen molar-refractivity contribution in [1.82, 2.24) is 4.90 Å². The Morgan fingerprint density at radius 1 is 0.857 bits per heavy atom. The van der Waals surface area contributed by atoms with Gasteiger partial charge in [0.2, 0.25) is 5.91 Å². The number of carbonyl (C=O) groups excluding carboxylic acids is 2. The second-order valence-electron chi connectivity index (χ2n) is 7.44. The van der Waals surface area contributed by atoms with Crippen LogP contribution in [0.25, 0.3) is 10.8 Å². The van der Waals surface area contributed by atoms with Crippen LogP contribution in [0.15, 0.2) is 66.7 Å². The van der Waals surface area contributed by atoms with Crippen LogP contribution in [-0.4, -0.2) is 30.8 Å². The Hall–Kier alpha value is -3.14. The van der Waals surface area contributed by atoms with Crippen molar-refractivity contribution in [2.75, 3.05) is 19.0 Å². The Labute approximate surface area is 166 Å². The summed E-state index contributed by atoms with van der Waals surface area (Å²) in [6, 6.07) is 21.6. The molecule has 4 heteroatoms. The molecule has 0 N–H and O–H groups in total. The fourth-order valence-corrected chi connectivity index (χ4v) is 3.24. The summed E-state index contributed by atoms with van der Waals surface area (Å²) >= 11 is 0. The number of amides is 2. The lowest BCUT2D eigenvalue weighted by atomic mass is 10.1. The van der Waals surface area contributed by atoms with Gasteiger partial charge >= 0.3 is 0 Å². The summed E-state index contributed by atoms with van der Waals surface area (Å²) < 4.78 is 0. The van der Waals surface area contributed by atoms with Crippen molar-refractivity contribution in [3.63, 3.8) is 0 Å². The van der Waals surface area contributed by atoms with Gasteiger partial charge in [0.1, 0.15) is 0 Å². The summed E-state index contributed by atoms with van der Waals surface area (Å²) in [4.78, 5) is 28.3. The Morgan fingerprint density at radius 2 is 1.50 bits per heavy atom. The van der Waals surface area contributed by atoms with E-state index in [1.54, 1.807) is 23.9 Å². The van der Waals surface area contributed by atoms with Gasteiger partial charge in [-0.05, 0) is 40.6 Å². The minimum atomic E-state index is -0.0616. The highest BCUT2D eigenvalue weighted by Gasteiger charge is 2.16. The molecule has 0 saturated carbocycles. The summed E-state index contributed by atoms with van der Waals surface area (Å²) in [6.07, 6.45) is 0. The molecule has 3 rings (SSSR count). The number of benzene rings is 3. The van der Waals surface area contributed by atoms with Crippen molar-refractivity contribution in [3.05, 3.63) is 77.9 Å². The van der Waals surface area contributed by atoms with Gasteiger partial charge in [-0.15, -0.1) is 0 Å². The number of hydrogen-bond donors (Lipinski definition) is 0. The molecule has 3 aromatic carbocycles. The van der Waals surface area contributed by atoms with Crippen molar-refractivity contribution in [3.8, 4) is 0 Å². The van der Waals surface area contributed by atoms with E-state index in [9.17, 15) is 9.59 Å². The van der Waals surface area contributed by atoms with E-state index in [2.05, 4.69) is 6.07 Å². The van der Waals surface area contributed by atoms with Crippen LogP contribution in [0.3, 0.4) is 0 Å². The minimum Gasteiger partial charge on any atom is -0.341 e. The van der Waals surface area contributed by atoms with Crippen LogP contribution in [-0.2, 0) is 11.3 Å². The lowest BCUT2D eigenvalue weighted by molar-refractivity contribution is -0.133. The van der Waals surface area contributed by atoms with Gasteiger partial charge < -0.3 is 9.80 Å². The van der Waals surface area contributed by atoms with Gasteiger partial charge in [0, 0.05) is 37.8 Å². The lowest BCUT2D eigenvalue weighted by Gasteiger charge is -2.20. The number of carbonyl (C=O) groups is 2. The first-order valence-corrected chi connectivity index (χ1v) is 9.47. The highest BCUT2D eigenvalue weighted by atomic mass is 16.2. The highest BCUT2D eigenvalue weighted by Crippen LogP contribution is 2.22. The zero-order valence-electron chi connectivity index (χ0n) is 16.8. The average molecular weight is 374 g/mol. The van der Waals surface area contributed by atoms with Crippen LogP contribution in [0.2, 0.25) is 0 Å². The summed E-state index contributed by atoms with van der Waals surface area (Å²) in [5.74, 6) is 0.0195. The summed E-state index contributed by atoms with van der Waals surface area (Å²) in [5.41, 5.74) is 2.48. The number of hydrogen-bond acceptors (Lipinski definition) is 2. The first kappa shape index (κ1) is 19.6. The molecule has 0 fully saturated rings. The Bertz CT molecular complexity index is 993. The van der Waals surface area contributed by atoms with Crippen LogP contribution < -0.4 is 4.90 Å². The van der Waals surface area contributed by atoms with Crippen LogP contribution in [0.4, 0.5) is 5.69 Å². The van der Waals surface area contributed by atoms with Crippen LogP contribution >= 0.6 is 0 Å².